The first-order chi connectivity index (χ1) is 19.6. The number of rotatable bonds is 6. The molecule has 0 radical (unpaired) electrons. The van der Waals surface area contributed by atoms with Crippen LogP contribution in [0.25, 0.3) is 11.8 Å². The van der Waals surface area contributed by atoms with Gasteiger partial charge in [-0.15, -0.1) is 11.8 Å². The highest BCUT2D eigenvalue weighted by Gasteiger charge is 2.75. The van der Waals surface area contributed by atoms with Crippen molar-refractivity contribution in [3.05, 3.63) is 47.3 Å². The first-order valence-electron chi connectivity index (χ1n) is 15.3. The second-order valence-corrected chi connectivity index (χ2v) is 14.6. The molecule has 4 aliphatic carbocycles. The number of aliphatic hydroxyl groups is 2. The minimum absolute atomic E-state index is 0.0736. The molecule has 1 aromatic heterocycles. The van der Waals surface area contributed by atoms with Crippen LogP contribution in [-0.2, 0) is 20.7 Å². The number of benzene rings is 1. The quantitative estimate of drug-likeness (QED) is 0.455. The third-order valence-corrected chi connectivity index (χ3v) is 12.6. The van der Waals surface area contributed by atoms with E-state index in [0.717, 1.165) is 49.2 Å². The zero-order chi connectivity index (χ0) is 28.7. The molecule has 8 heteroatoms. The summed E-state index contributed by atoms with van der Waals surface area (Å²) in [5.41, 5.74) is 2.72. The van der Waals surface area contributed by atoms with Crippen LogP contribution in [0.4, 0.5) is 0 Å². The van der Waals surface area contributed by atoms with Crippen LogP contribution in [0, 0.1) is 28.6 Å². The van der Waals surface area contributed by atoms with Gasteiger partial charge in [0.25, 0.3) is 0 Å². The number of ketones is 1. The van der Waals surface area contributed by atoms with Crippen LogP contribution in [0.15, 0.2) is 40.9 Å². The Hall–Kier alpha value is -1.97. The maximum absolute atomic E-state index is 13.3. The molecule has 0 spiro atoms. The molecule has 220 valence electrons. The molecule has 1 aliphatic heterocycles. The van der Waals surface area contributed by atoms with E-state index in [1.165, 1.54) is 16.0 Å². The molecular formula is C33H42N2O5S. The molecule has 2 aromatic rings. The van der Waals surface area contributed by atoms with Gasteiger partial charge in [-0.3, -0.25) is 4.79 Å². The monoisotopic (exact) mass is 578 g/mol. The summed E-state index contributed by atoms with van der Waals surface area (Å²) in [5.74, 6) is 1.30. The number of Topliss-reactive ketones (excluding diaryl/α,β-unsaturated/α-hetero) is 1. The van der Waals surface area contributed by atoms with Gasteiger partial charge in [0.15, 0.2) is 17.7 Å². The highest BCUT2D eigenvalue weighted by atomic mass is 32.2. The number of fused-ring (bicyclic) bond motifs is 8. The van der Waals surface area contributed by atoms with Crippen LogP contribution < -0.4 is 0 Å². The summed E-state index contributed by atoms with van der Waals surface area (Å²) < 4.78 is 14.5. The summed E-state index contributed by atoms with van der Waals surface area (Å²) in [5, 5.41) is 26.9. The number of aliphatic hydroxyl groups excluding tert-OH is 2. The lowest BCUT2D eigenvalue weighted by Gasteiger charge is -2.60. The van der Waals surface area contributed by atoms with E-state index >= 15 is 0 Å². The number of allylic oxidation sites excluding steroid dienone is 1. The summed E-state index contributed by atoms with van der Waals surface area (Å²) in [6, 6.07) is 8.64. The minimum atomic E-state index is -1.19. The Morgan fingerprint density at radius 2 is 2.02 bits per heavy atom. The number of ether oxygens (including phenoxy) is 2. The van der Waals surface area contributed by atoms with E-state index in [-0.39, 0.29) is 35.1 Å². The van der Waals surface area contributed by atoms with Crippen LogP contribution in [-0.4, -0.2) is 62.2 Å². The van der Waals surface area contributed by atoms with E-state index in [4.69, 9.17) is 14.6 Å². The molecule has 1 unspecified atom stereocenters. The number of nitrogens with zero attached hydrogens (tertiary/aromatic N) is 2. The van der Waals surface area contributed by atoms with Gasteiger partial charge in [-0.05, 0) is 110 Å². The Kier molecular flexibility index (Phi) is 6.64. The fraction of sp³-hybridized carbons (Fsp3) is 0.636. The van der Waals surface area contributed by atoms with Crippen LogP contribution in [0.3, 0.4) is 0 Å². The fourth-order valence-corrected chi connectivity index (χ4v) is 10.5. The Balaban J connectivity index is 1.19. The van der Waals surface area contributed by atoms with Crippen LogP contribution in [0.2, 0.25) is 0 Å². The number of hydrogen-bond acceptors (Lipinski definition) is 7. The van der Waals surface area contributed by atoms with E-state index in [9.17, 15) is 15.0 Å². The average Bonchev–Trinajstić information content (AvgIpc) is 3.58. The zero-order valence-corrected chi connectivity index (χ0v) is 25.3. The van der Waals surface area contributed by atoms with Gasteiger partial charge in [0.05, 0.1) is 23.6 Å². The van der Waals surface area contributed by atoms with Crippen molar-refractivity contribution in [3.63, 3.8) is 0 Å². The molecule has 4 fully saturated rings. The van der Waals surface area contributed by atoms with Crippen molar-refractivity contribution < 1.29 is 24.5 Å². The maximum Gasteiger partial charge on any atom is 0.193 e. The van der Waals surface area contributed by atoms with Gasteiger partial charge < -0.3 is 19.7 Å². The highest BCUT2D eigenvalue weighted by molar-refractivity contribution is 7.99. The van der Waals surface area contributed by atoms with Gasteiger partial charge >= 0.3 is 0 Å². The van der Waals surface area contributed by atoms with E-state index in [1.54, 1.807) is 0 Å². The molecule has 5 aliphatic rings. The number of carbonyl (C=O) groups is 1. The van der Waals surface area contributed by atoms with Crippen molar-refractivity contribution >= 4 is 23.6 Å². The van der Waals surface area contributed by atoms with Gasteiger partial charge in [0, 0.05) is 16.5 Å². The van der Waals surface area contributed by atoms with Crippen molar-refractivity contribution in [3.8, 4) is 5.69 Å². The zero-order valence-electron chi connectivity index (χ0n) is 24.5. The van der Waals surface area contributed by atoms with E-state index < -0.39 is 30.0 Å². The van der Waals surface area contributed by atoms with Gasteiger partial charge in [-0.25, -0.2) is 4.68 Å². The predicted octanol–water partition coefficient (Wildman–Crippen LogP) is 5.20. The van der Waals surface area contributed by atoms with Gasteiger partial charge in [-0.2, -0.15) is 5.10 Å². The third-order valence-electron chi connectivity index (χ3n) is 11.4. The molecule has 0 amide bonds. The molecular weight excluding hydrogens is 536 g/mol. The first-order valence-corrected chi connectivity index (χ1v) is 16.3. The van der Waals surface area contributed by atoms with Gasteiger partial charge in [0.2, 0.25) is 0 Å². The normalized spacial score (nSPS) is 40.7. The lowest BCUT2D eigenvalue weighted by molar-refractivity contribution is -0.199. The van der Waals surface area contributed by atoms with Crippen LogP contribution in [0.5, 0.6) is 0 Å². The molecule has 41 heavy (non-hydrogen) atoms. The largest absolute Gasteiger partial charge is 0.393 e. The first kappa shape index (κ1) is 27.8. The topological polar surface area (TPSA) is 93.8 Å². The van der Waals surface area contributed by atoms with Crippen molar-refractivity contribution in [2.45, 2.75) is 95.2 Å². The summed E-state index contributed by atoms with van der Waals surface area (Å²) in [7, 11) is 0. The molecule has 7 rings (SSSR count). The SMILES string of the molecule is CCCSc1ccc(-n2cc3c(n2)C=C2CC[C@@H]4[C@H]([C@@H](O)C[C@@]5(C)[C@H]4C[C@H]4OC(C)O[C@]45C(=O)CO)[C@@]2(C)C3)cc1. The van der Waals surface area contributed by atoms with Crippen molar-refractivity contribution in [1.29, 1.82) is 0 Å². The summed E-state index contributed by atoms with van der Waals surface area (Å²) >= 11 is 1.88. The molecule has 1 saturated heterocycles. The lowest BCUT2D eigenvalue weighted by atomic mass is 9.45. The maximum atomic E-state index is 13.3. The smallest absolute Gasteiger partial charge is 0.193 e. The Bertz CT molecular complexity index is 1390. The molecule has 2 heterocycles. The molecule has 7 nitrogen and oxygen atoms in total. The second-order valence-electron chi connectivity index (χ2n) is 13.5. The number of aromatic nitrogens is 2. The second kappa shape index (κ2) is 9.78. The molecule has 2 N–H and O–H groups in total. The van der Waals surface area contributed by atoms with Crippen molar-refractivity contribution in [1.82, 2.24) is 9.78 Å². The summed E-state index contributed by atoms with van der Waals surface area (Å²) in [6.45, 7) is 7.89. The number of hydrogen-bond donors (Lipinski definition) is 2. The minimum Gasteiger partial charge on any atom is -0.393 e. The third kappa shape index (κ3) is 3.86. The molecule has 1 aromatic carbocycles. The van der Waals surface area contributed by atoms with E-state index in [2.05, 4.69) is 57.3 Å². The standard InChI is InChI=1S/C33H42N2O5S/c1-5-12-41-23-9-7-22(8-10-23)35-17-20-15-31(3)21(13-26(20)34-35)6-11-24-25-14-29-33(28(38)18-36,40-19(2)39-29)32(25,4)16-27(37)30(24)31/h7-10,13,17,19,24-25,27,29-30,36-37H,5-6,11-12,14-16,18H2,1-4H3/t19?,24-,25-,27-,29+,30+,31-,32-,33+/m0/s1. The van der Waals surface area contributed by atoms with Crippen LogP contribution >= 0.6 is 11.8 Å². The number of thioether (sulfide) groups is 1. The van der Waals surface area contributed by atoms with Crippen LogP contribution in [0.1, 0.15) is 71.1 Å². The van der Waals surface area contributed by atoms with Gasteiger partial charge in [-0.1, -0.05) is 26.3 Å². The molecule has 3 saturated carbocycles. The average molecular weight is 579 g/mol. The van der Waals surface area contributed by atoms with E-state index in [1.807, 2.05) is 23.4 Å². The van der Waals surface area contributed by atoms with Gasteiger partial charge in [0.1, 0.15) is 6.61 Å². The lowest BCUT2D eigenvalue weighted by Crippen LogP contribution is -2.63. The Labute approximate surface area is 246 Å². The molecule has 0 bridgehead atoms. The molecule has 9 atom stereocenters. The Morgan fingerprint density at radius 1 is 1.24 bits per heavy atom. The van der Waals surface area contributed by atoms with Crippen molar-refractivity contribution in [2.75, 3.05) is 12.4 Å². The highest BCUT2D eigenvalue weighted by Crippen LogP contribution is 2.70. The number of carbonyl (C=O) groups excluding carboxylic acids is 1. The van der Waals surface area contributed by atoms with E-state index in [0.29, 0.717) is 6.42 Å². The Morgan fingerprint density at radius 3 is 2.76 bits per heavy atom. The summed E-state index contributed by atoms with van der Waals surface area (Å²) in [4.78, 5) is 14.6. The van der Waals surface area contributed by atoms with Crippen molar-refractivity contribution in [2.24, 2.45) is 28.6 Å². The summed E-state index contributed by atoms with van der Waals surface area (Å²) in [6.07, 6.45) is 8.10. The predicted molar refractivity (Wildman–Crippen MR) is 158 cm³/mol. The fourth-order valence-electron chi connectivity index (χ4n) is 9.77.